The van der Waals surface area contributed by atoms with Gasteiger partial charge in [0.25, 0.3) is 0 Å². The van der Waals surface area contributed by atoms with E-state index in [-0.39, 0.29) is 5.91 Å². The van der Waals surface area contributed by atoms with Gasteiger partial charge >= 0.3 is 0 Å². The second-order valence-electron chi connectivity index (χ2n) is 6.46. The zero-order chi connectivity index (χ0) is 18.2. The minimum absolute atomic E-state index is 0.0400. The third kappa shape index (κ3) is 5.20. The summed E-state index contributed by atoms with van der Waals surface area (Å²) in [5, 5.41) is 3.02. The van der Waals surface area contributed by atoms with Crippen molar-refractivity contribution in [1.29, 1.82) is 0 Å². The van der Waals surface area contributed by atoms with Crippen LogP contribution >= 0.6 is 0 Å². The fraction of sp³-hybridized carbons (Fsp3) is 0.318. The summed E-state index contributed by atoms with van der Waals surface area (Å²) in [5.74, 6) is 0.898. The van der Waals surface area contributed by atoms with Gasteiger partial charge in [0, 0.05) is 31.8 Å². The second-order valence-corrected chi connectivity index (χ2v) is 6.46. The molecule has 0 bridgehead atoms. The molecule has 1 aliphatic heterocycles. The van der Waals surface area contributed by atoms with E-state index in [9.17, 15) is 4.79 Å². The zero-order valence-corrected chi connectivity index (χ0v) is 15.3. The Balaban J connectivity index is 1.46. The minimum Gasteiger partial charge on any atom is -0.494 e. The van der Waals surface area contributed by atoms with Gasteiger partial charge < -0.3 is 10.1 Å². The standard InChI is InChI=1S/C22H26N2O2/c1-2-26-21-10-8-18(9-11-21)16-23-22(25)20-12-14-24(15-13-20)17-19-6-4-3-5-7-19/h3-12H,2,13-17H2,1H3,(H,23,25). The molecule has 0 aliphatic carbocycles. The Labute approximate surface area is 155 Å². The van der Waals surface area contributed by atoms with Crippen molar-refractivity contribution in [3.05, 3.63) is 77.4 Å². The Bertz CT molecular complexity index is 738. The number of amides is 1. The number of hydrogen-bond donors (Lipinski definition) is 1. The Hall–Kier alpha value is -2.59. The number of carbonyl (C=O) groups excluding carboxylic acids is 1. The Morgan fingerprint density at radius 2 is 1.85 bits per heavy atom. The molecule has 0 fully saturated rings. The Morgan fingerprint density at radius 3 is 2.50 bits per heavy atom. The summed E-state index contributed by atoms with van der Waals surface area (Å²) in [6, 6.07) is 18.3. The summed E-state index contributed by atoms with van der Waals surface area (Å²) < 4.78 is 5.43. The largest absolute Gasteiger partial charge is 0.494 e. The van der Waals surface area contributed by atoms with Crippen LogP contribution in [-0.4, -0.2) is 30.5 Å². The van der Waals surface area contributed by atoms with Gasteiger partial charge in [-0.25, -0.2) is 0 Å². The maximum Gasteiger partial charge on any atom is 0.247 e. The zero-order valence-electron chi connectivity index (χ0n) is 15.3. The lowest BCUT2D eigenvalue weighted by molar-refractivity contribution is -0.117. The molecule has 0 spiro atoms. The molecule has 4 heteroatoms. The van der Waals surface area contributed by atoms with Gasteiger partial charge in [-0.15, -0.1) is 0 Å². The Morgan fingerprint density at radius 1 is 1.08 bits per heavy atom. The Kier molecular flexibility index (Phi) is 6.45. The smallest absolute Gasteiger partial charge is 0.247 e. The van der Waals surface area contributed by atoms with Gasteiger partial charge in [-0.05, 0) is 36.6 Å². The molecule has 0 atom stereocenters. The average Bonchev–Trinajstić information content (AvgIpc) is 2.69. The lowest BCUT2D eigenvalue weighted by Crippen LogP contribution is -2.33. The van der Waals surface area contributed by atoms with Gasteiger partial charge in [0.05, 0.1) is 6.61 Å². The maximum atomic E-state index is 12.4. The predicted molar refractivity (Wildman–Crippen MR) is 104 cm³/mol. The highest BCUT2D eigenvalue weighted by Gasteiger charge is 2.16. The van der Waals surface area contributed by atoms with Gasteiger partial charge in [-0.1, -0.05) is 48.5 Å². The molecule has 0 unspecified atom stereocenters. The second kappa shape index (κ2) is 9.20. The van der Waals surface area contributed by atoms with E-state index in [1.54, 1.807) is 0 Å². The lowest BCUT2D eigenvalue weighted by atomic mass is 10.1. The highest BCUT2D eigenvalue weighted by molar-refractivity contribution is 5.93. The number of ether oxygens (including phenoxy) is 1. The van der Waals surface area contributed by atoms with Crippen molar-refractivity contribution in [2.24, 2.45) is 0 Å². The minimum atomic E-state index is 0.0400. The quantitative estimate of drug-likeness (QED) is 0.830. The van der Waals surface area contributed by atoms with Gasteiger partial charge in [-0.3, -0.25) is 9.69 Å². The normalized spacial score (nSPS) is 14.6. The van der Waals surface area contributed by atoms with Crippen LogP contribution in [0.2, 0.25) is 0 Å². The summed E-state index contributed by atoms with van der Waals surface area (Å²) in [6.07, 6.45) is 2.85. The van der Waals surface area contributed by atoms with Crippen molar-refractivity contribution in [1.82, 2.24) is 10.2 Å². The maximum absolute atomic E-state index is 12.4. The van der Waals surface area contributed by atoms with Crippen molar-refractivity contribution in [2.75, 3.05) is 19.7 Å². The molecule has 4 nitrogen and oxygen atoms in total. The first-order valence-electron chi connectivity index (χ1n) is 9.20. The van der Waals surface area contributed by atoms with E-state index >= 15 is 0 Å². The fourth-order valence-electron chi connectivity index (χ4n) is 3.07. The number of carbonyl (C=O) groups is 1. The highest BCUT2D eigenvalue weighted by atomic mass is 16.5. The molecule has 1 aliphatic rings. The van der Waals surface area contributed by atoms with Crippen LogP contribution < -0.4 is 10.1 Å². The van der Waals surface area contributed by atoms with Gasteiger partial charge in [0.2, 0.25) is 5.91 Å². The van der Waals surface area contributed by atoms with E-state index in [1.807, 2.05) is 37.3 Å². The van der Waals surface area contributed by atoms with Crippen LogP contribution in [0.15, 0.2) is 66.2 Å². The molecule has 0 radical (unpaired) electrons. The molecule has 0 aromatic heterocycles. The predicted octanol–water partition coefficient (Wildman–Crippen LogP) is 3.53. The number of hydrogen-bond acceptors (Lipinski definition) is 3. The summed E-state index contributed by atoms with van der Waals surface area (Å²) >= 11 is 0. The highest BCUT2D eigenvalue weighted by Crippen LogP contribution is 2.15. The number of nitrogens with zero attached hydrogens (tertiary/aromatic N) is 1. The van der Waals surface area contributed by atoms with E-state index in [2.05, 4.69) is 40.6 Å². The molecule has 0 saturated carbocycles. The summed E-state index contributed by atoms with van der Waals surface area (Å²) in [4.78, 5) is 14.7. The van der Waals surface area contributed by atoms with Crippen LogP contribution in [0.25, 0.3) is 0 Å². The fourth-order valence-corrected chi connectivity index (χ4v) is 3.07. The van der Waals surface area contributed by atoms with Crippen molar-refractivity contribution >= 4 is 5.91 Å². The SMILES string of the molecule is CCOc1ccc(CNC(=O)C2=CCN(Cc3ccccc3)CC2)cc1. The van der Waals surface area contributed by atoms with E-state index in [0.29, 0.717) is 13.2 Å². The van der Waals surface area contributed by atoms with Crippen molar-refractivity contribution in [2.45, 2.75) is 26.4 Å². The van der Waals surface area contributed by atoms with Crippen molar-refractivity contribution in [3.8, 4) is 5.75 Å². The molecule has 26 heavy (non-hydrogen) atoms. The van der Waals surface area contributed by atoms with Crippen LogP contribution in [-0.2, 0) is 17.9 Å². The molecular formula is C22H26N2O2. The van der Waals surface area contributed by atoms with Crippen molar-refractivity contribution < 1.29 is 9.53 Å². The molecule has 2 aromatic carbocycles. The molecule has 1 amide bonds. The monoisotopic (exact) mass is 350 g/mol. The summed E-state index contributed by atoms with van der Waals surface area (Å²) in [6.45, 7) is 5.82. The molecule has 1 heterocycles. The van der Waals surface area contributed by atoms with Crippen LogP contribution in [0.4, 0.5) is 0 Å². The average molecular weight is 350 g/mol. The third-order valence-corrected chi connectivity index (χ3v) is 4.52. The number of rotatable bonds is 7. The third-order valence-electron chi connectivity index (χ3n) is 4.52. The van der Waals surface area contributed by atoms with Gasteiger partial charge in [0.1, 0.15) is 5.75 Å². The van der Waals surface area contributed by atoms with E-state index in [1.165, 1.54) is 5.56 Å². The number of nitrogens with one attached hydrogen (secondary N) is 1. The van der Waals surface area contributed by atoms with Gasteiger partial charge in [0.15, 0.2) is 0 Å². The first-order valence-corrected chi connectivity index (χ1v) is 9.20. The van der Waals surface area contributed by atoms with Crippen LogP contribution in [0.5, 0.6) is 5.75 Å². The van der Waals surface area contributed by atoms with Crippen LogP contribution in [0, 0.1) is 0 Å². The molecular weight excluding hydrogens is 324 g/mol. The molecule has 3 rings (SSSR count). The first-order chi connectivity index (χ1) is 12.7. The van der Waals surface area contributed by atoms with Crippen molar-refractivity contribution in [3.63, 3.8) is 0 Å². The van der Waals surface area contributed by atoms with Crippen LogP contribution in [0.3, 0.4) is 0 Å². The lowest BCUT2D eigenvalue weighted by Gasteiger charge is -2.26. The van der Waals surface area contributed by atoms with E-state index in [0.717, 1.165) is 42.9 Å². The first kappa shape index (κ1) is 18.2. The van der Waals surface area contributed by atoms with E-state index in [4.69, 9.17) is 4.74 Å². The van der Waals surface area contributed by atoms with Crippen LogP contribution in [0.1, 0.15) is 24.5 Å². The molecule has 2 aromatic rings. The van der Waals surface area contributed by atoms with Gasteiger partial charge in [-0.2, -0.15) is 0 Å². The number of benzene rings is 2. The topological polar surface area (TPSA) is 41.6 Å². The molecule has 0 saturated heterocycles. The molecule has 136 valence electrons. The summed E-state index contributed by atoms with van der Waals surface area (Å²) in [7, 11) is 0. The molecule has 1 N–H and O–H groups in total. The summed E-state index contributed by atoms with van der Waals surface area (Å²) in [5.41, 5.74) is 3.27. The van der Waals surface area contributed by atoms with E-state index < -0.39 is 0 Å².